The van der Waals surface area contributed by atoms with Gasteiger partial charge in [0.2, 0.25) is 0 Å². The van der Waals surface area contributed by atoms with Crippen LogP contribution in [0.5, 0.6) is 0 Å². The number of carbonyl (C=O) groups excluding carboxylic acids is 2. The first-order valence-corrected chi connectivity index (χ1v) is 9.38. The molecule has 5 nitrogen and oxygen atoms in total. The Morgan fingerprint density at radius 1 is 1.32 bits per heavy atom. The number of aromatic nitrogens is 1. The lowest BCUT2D eigenvalue weighted by molar-refractivity contribution is -0.124. The molecular weight excluding hydrogens is 360 g/mol. The third-order valence-corrected chi connectivity index (χ3v) is 4.91. The molecule has 1 heterocycles. The van der Waals surface area contributed by atoms with E-state index in [1.807, 2.05) is 12.1 Å². The summed E-state index contributed by atoms with van der Waals surface area (Å²) in [5.74, 6) is -0.825. The summed E-state index contributed by atoms with van der Waals surface area (Å²) >= 11 is 7.22. The van der Waals surface area contributed by atoms with Crippen LogP contribution >= 0.6 is 22.9 Å². The summed E-state index contributed by atoms with van der Waals surface area (Å²) in [7, 11) is 0. The normalized spacial score (nSPS) is 10.5. The first kappa shape index (κ1) is 19.4. The molecule has 1 aromatic heterocycles. The summed E-state index contributed by atoms with van der Waals surface area (Å²) in [4.78, 5) is 28.7. The Morgan fingerprint density at radius 3 is 2.84 bits per heavy atom. The number of unbranched alkanes of at least 4 members (excludes halogenated alkanes) is 2. The Morgan fingerprint density at radius 2 is 2.12 bits per heavy atom. The number of halogens is 1. The minimum atomic E-state index is -0.535. The molecule has 134 valence electrons. The van der Waals surface area contributed by atoms with E-state index in [-0.39, 0.29) is 12.5 Å². The Kier molecular flexibility index (Phi) is 7.40. The molecule has 25 heavy (non-hydrogen) atoms. The van der Waals surface area contributed by atoms with E-state index >= 15 is 0 Å². The maximum atomic E-state index is 12.2. The summed E-state index contributed by atoms with van der Waals surface area (Å²) in [6.07, 6.45) is 3.07. The highest BCUT2D eigenvalue weighted by atomic mass is 35.5. The molecule has 0 radical (unpaired) electrons. The van der Waals surface area contributed by atoms with Gasteiger partial charge in [-0.15, -0.1) is 11.3 Å². The molecule has 0 saturated heterocycles. The van der Waals surface area contributed by atoms with E-state index in [0.29, 0.717) is 27.1 Å². The predicted octanol–water partition coefficient (Wildman–Crippen LogP) is 4.24. The zero-order valence-corrected chi connectivity index (χ0v) is 15.9. The number of hydrogen-bond acceptors (Lipinski definition) is 5. The standard InChI is InChI=1S/C18H21ClN2O3S/c1-3-4-5-9-20-15(22)11-24-18(23)16-12(2)21-17(25-16)13-7-6-8-14(19)10-13/h6-8,10H,3-5,9,11H2,1-2H3,(H,20,22). The second-order valence-electron chi connectivity index (χ2n) is 5.58. The average molecular weight is 381 g/mol. The number of esters is 1. The van der Waals surface area contributed by atoms with Crippen molar-refractivity contribution in [1.82, 2.24) is 10.3 Å². The van der Waals surface area contributed by atoms with Crippen LogP contribution in [0, 0.1) is 6.92 Å². The Hall–Kier alpha value is -1.92. The summed E-state index contributed by atoms with van der Waals surface area (Å²) in [6, 6.07) is 7.27. The third kappa shape index (κ3) is 5.83. The van der Waals surface area contributed by atoms with Crippen molar-refractivity contribution in [2.75, 3.05) is 13.2 Å². The first-order valence-electron chi connectivity index (χ1n) is 8.18. The van der Waals surface area contributed by atoms with Gasteiger partial charge >= 0.3 is 5.97 Å². The Balaban J connectivity index is 1.93. The molecule has 0 unspecified atom stereocenters. The van der Waals surface area contributed by atoms with Crippen LogP contribution in [0.3, 0.4) is 0 Å². The number of benzene rings is 1. The number of nitrogens with zero attached hydrogens (tertiary/aromatic N) is 1. The van der Waals surface area contributed by atoms with Gasteiger partial charge in [0.1, 0.15) is 9.88 Å². The van der Waals surface area contributed by atoms with Gasteiger partial charge in [0.15, 0.2) is 6.61 Å². The molecule has 2 rings (SSSR count). The van der Waals surface area contributed by atoms with Gasteiger partial charge in [0, 0.05) is 17.1 Å². The van der Waals surface area contributed by atoms with Crippen LogP contribution in [0.2, 0.25) is 5.02 Å². The number of aryl methyl sites for hydroxylation is 1. The summed E-state index contributed by atoms with van der Waals surface area (Å²) < 4.78 is 5.09. The topological polar surface area (TPSA) is 68.3 Å². The number of amides is 1. The molecule has 0 aliphatic carbocycles. The molecule has 1 aromatic carbocycles. The van der Waals surface area contributed by atoms with Crippen molar-refractivity contribution in [3.63, 3.8) is 0 Å². The minimum Gasteiger partial charge on any atom is -0.451 e. The zero-order chi connectivity index (χ0) is 18.2. The number of thiazole rings is 1. The van der Waals surface area contributed by atoms with Crippen LogP contribution in [-0.2, 0) is 9.53 Å². The van der Waals surface area contributed by atoms with Crippen LogP contribution in [0.1, 0.15) is 41.6 Å². The van der Waals surface area contributed by atoms with Crippen molar-refractivity contribution >= 4 is 34.8 Å². The van der Waals surface area contributed by atoms with Gasteiger partial charge in [-0.3, -0.25) is 4.79 Å². The number of carbonyl (C=O) groups is 2. The van der Waals surface area contributed by atoms with E-state index in [2.05, 4.69) is 17.2 Å². The highest BCUT2D eigenvalue weighted by Crippen LogP contribution is 2.29. The van der Waals surface area contributed by atoms with Crippen molar-refractivity contribution in [1.29, 1.82) is 0 Å². The second kappa shape index (κ2) is 9.53. The molecule has 0 bridgehead atoms. The van der Waals surface area contributed by atoms with Crippen molar-refractivity contribution in [3.8, 4) is 10.6 Å². The minimum absolute atomic E-state index is 0.283. The monoisotopic (exact) mass is 380 g/mol. The van der Waals surface area contributed by atoms with Gasteiger partial charge in [0.05, 0.1) is 5.69 Å². The maximum absolute atomic E-state index is 12.2. The number of rotatable bonds is 8. The molecule has 7 heteroatoms. The summed E-state index contributed by atoms with van der Waals surface area (Å²) in [6.45, 7) is 4.15. The fourth-order valence-electron chi connectivity index (χ4n) is 2.18. The molecule has 0 fully saturated rings. The molecule has 0 aliphatic rings. The summed E-state index contributed by atoms with van der Waals surface area (Å²) in [5.41, 5.74) is 1.42. The summed E-state index contributed by atoms with van der Waals surface area (Å²) in [5, 5.41) is 4.03. The number of hydrogen-bond donors (Lipinski definition) is 1. The lowest BCUT2D eigenvalue weighted by Gasteiger charge is -2.05. The van der Waals surface area contributed by atoms with E-state index in [1.165, 1.54) is 11.3 Å². The van der Waals surface area contributed by atoms with Crippen molar-refractivity contribution in [2.45, 2.75) is 33.1 Å². The van der Waals surface area contributed by atoms with Gasteiger partial charge in [-0.05, 0) is 25.5 Å². The predicted molar refractivity (Wildman–Crippen MR) is 100 cm³/mol. The smallest absolute Gasteiger partial charge is 0.350 e. The van der Waals surface area contributed by atoms with Gasteiger partial charge in [-0.2, -0.15) is 0 Å². The highest BCUT2D eigenvalue weighted by Gasteiger charge is 2.18. The van der Waals surface area contributed by atoms with Crippen molar-refractivity contribution in [3.05, 3.63) is 39.9 Å². The van der Waals surface area contributed by atoms with Gasteiger partial charge in [-0.1, -0.05) is 43.5 Å². The van der Waals surface area contributed by atoms with Crippen LogP contribution in [0.25, 0.3) is 10.6 Å². The van der Waals surface area contributed by atoms with E-state index in [4.69, 9.17) is 16.3 Å². The second-order valence-corrected chi connectivity index (χ2v) is 7.01. The lowest BCUT2D eigenvalue weighted by Crippen LogP contribution is -2.29. The zero-order valence-electron chi connectivity index (χ0n) is 14.3. The molecule has 0 atom stereocenters. The van der Waals surface area contributed by atoms with Crippen molar-refractivity contribution < 1.29 is 14.3 Å². The van der Waals surface area contributed by atoms with E-state index in [9.17, 15) is 9.59 Å². The fraction of sp³-hybridized carbons (Fsp3) is 0.389. The highest BCUT2D eigenvalue weighted by molar-refractivity contribution is 7.17. The molecular formula is C18H21ClN2O3S. The number of nitrogens with one attached hydrogen (secondary N) is 1. The van der Waals surface area contributed by atoms with Crippen LogP contribution < -0.4 is 5.32 Å². The van der Waals surface area contributed by atoms with Gasteiger partial charge in [-0.25, -0.2) is 9.78 Å². The third-order valence-electron chi connectivity index (χ3n) is 3.49. The molecule has 0 aliphatic heterocycles. The maximum Gasteiger partial charge on any atom is 0.350 e. The molecule has 1 amide bonds. The lowest BCUT2D eigenvalue weighted by atomic mass is 10.2. The van der Waals surface area contributed by atoms with Crippen LogP contribution in [0.4, 0.5) is 0 Å². The van der Waals surface area contributed by atoms with E-state index in [1.54, 1.807) is 19.1 Å². The first-order chi connectivity index (χ1) is 12.0. The quantitative estimate of drug-likeness (QED) is 0.549. The molecule has 0 saturated carbocycles. The van der Waals surface area contributed by atoms with Crippen LogP contribution in [-0.4, -0.2) is 30.0 Å². The average Bonchev–Trinajstić information content (AvgIpc) is 2.98. The molecule has 1 N–H and O–H groups in total. The van der Waals surface area contributed by atoms with Gasteiger partial charge in [0.25, 0.3) is 5.91 Å². The number of ether oxygens (including phenoxy) is 1. The molecule has 2 aromatic rings. The fourth-order valence-corrected chi connectivity index (χ4v) is 3.33. The van der Waals surface area contributed by atoms with Crippen molar-refractivity contribution in [2.24, 2.45) is 0 Å². The molecule has 0 spiro atoms. The Labute approximate surface area is 156 Å². The van der Waals surface area contributed by atoms with E-state index < -0.39 is 5.97 Å². The Bertz CT molecular complexity index is 746. The largest absolute Gasteiger partial charge is 0.451 e. The van der Waals surface area contributed by atoms with E-state index in [0.717, 1.165) is 24.8 Å². The van der Waals surface area contributed by atoms with Crippen LogP contribution in [0.15, 0.2) is 24.3 Å². The SMILES string of the molecule is CCCCCNC(=O)COC(=O)c1sc(-c2cccc(Cl)c2)nc1C. The van der Waals surface area contributed by atoms with Gasteiger partial charge < -0.3 is 10.1 Å².